The number of carbonyl (C=O) groups excluding carboxylic acids is 1. The predicted molar refractivity (Wildman–Crippen MR) is 125 cm³/mol. The van der Waals surface area contributed by atoms with Gasteiger partial charge in [-0.2, -0.15) is 0 Å². The van der Waals surface area contributed by atoms with Crippen LogP contribution in [0.3, 0.4) is 0 Å². The Bertz CT molecular complexity index is 1090. The van der Waals surface area contributed by atoms with Crippen LogP contribution < -0.4 is 0 Å². The van der Waals surface area contributed by atoms with Crippen LogP contribution in [0.5, 0.6) is 0 Å². The number of ether oxygens (including phenoxy) is 1. The zero-order valence-electron chi connectivity index (χ0n) is 17.5. The molecule has 31 heavy (non-hydrogen) atoms. The lowest BCUT2D eigenvalue weighted by molar-refractivity contribution is -0.142. The van der Waals surface area contributed by atoms with Crippen LogP contribution in [-0.2, 0) is 14.3 Å². The van der Waals surface area contributed by atoms with E-state index in [4.69, 9.17) is 4.74 Å². The van der Waals surface area contributed by atoms with Crippen molar-refractivity contribution in [1.82, 2.24) is 0 Å². The topological polar surface area (TPSA) is 63.6 Å². The summed E-state index contributed by atoms with van der Waals surface area (Å²) in [5.41, 5.74) is 4.45. The summed E-state index contributed by atoms with van der Waals surface area (Å²) in [5.74, 6) is -1.69. The second-order valence-electron chi connectivity index (χ2n) is 6.79. The number of aliphatic carboxylic acids is 1. The van der Waals surface area contributed by atoms with Gasteiger partial charge in [-0.15, -0.1) is 11.8 Å². The number of carboxylic acid groups (broad SMARTS) is 1. The second-order valence-corrected chi connectivity index (χ2v) is 7.64. The summed E-state index contributed by atoms with van der Waals surface area (Å²) in [6.07, 6.45) is 1.58. The first-order valence-corrected chi connectivity index (χ1v) is 11.2. The summed E-state index contributed by atoms with van der Waals surface area (Å²) in [6, 6.07) is 25.4. The van der Waals surface area contributed by atoms with Crippen LogP contribution in [0, 0.1) is 0 Å². The first kappa shape index (κ1) is 22.4. The Balaban J connectivity index is 2.25. The normalized spacial score (nSPS) is 11.5. The molecule has 3 aromatic rings. The monoisotopic (exact) mass is 432 g/mol. The molecule has 4 nitrogen and oxygen atoms in total. The van der Waals surface area contributed by atoms with E-state index in [0.29, 0.717) is 5.57 Å². The van der Waals surface area contributed by atoms with Gasteiger partial charge in [0.25, 0.3) is 0 Å². The van der Waals surface area contributed by atoms with Crippen molar-refractivity contribution >= 4 is 29.3 Å². The van der Waals surface area contributed by atoms with Gasteiger partial charge in [0.2, 0.25) is 0 Å². The zero-order valence-corrected chi connectivity index (χ0v) is 18.3. The molecule has 5 heteroatoms. The Kier molecular flexibility index (Phi) is 7.68. The molecule has 0 fully saturated rings. The van der Waals surface area contributed by atoms with Crippen molar-refractivity contribution in [3.05, 3.63) is 95.6 Å². The molecule has 0 radical (unpaired) electrons. The summed E-state index contributed by atoms with van der Waals surface area (Å²) in [5, 5.41) is 9.49. The Hall–Kier alpha value is -3.31. The Morgan fingerprint density at radius 1 is 0.903 bits per heavy atom. The molecule has 0 spiro atoms. The highest BCUT2D eigenvalue weighted by Crippen LogP contribution is 2.36. The fourth-order valence-electron chi connectivity index (χ4n) is 3.45. The first-order valence-electron chi connectivity index (χ1n) is 9.96. The van der Waals surface area contributed by atoms with Crippen molar-refractivity contribution in [3.8, 4) is 11.1 Å². The van der Waals surface area contributed by atoms with Gasteiger partial charge in [0.15, 0.2) is 0 Å². The van der Waals surface area contributed by atoms with Crippen molar-refractivity contribution in [2.24, 2.45) is 0 Å². The van der Waals surface area contributed by atoms with E-state index in [9.17, 15) is 14.7 Å². The maximum atomic E-state index is 12.8. The van der Waals surface area contributed by atoms with Crippen LogP contribution in [0.25, 0.3) is 16.7 Å². The van der Waals surface area contributed by atoms with Gasteiger partial charge in [-0.1, -0.05) is 72.8 Å². The van der Waals surface area contributed by atoms with Gasteiger partial charge in [-0.3, -0.25) is 4.79 Å². The molecular weight excluding hydrogens is 408 g/mol. The van der Waals surface area contributed by atoms with Crippen LogP contribution >= 0.6 is 11.8 Å². The van der Waals surface area contributed by atoms with Crippen molar-refractivity contribution in [2.45, 2.75) is 18.2 Å². The average Bonchev–Trinajstić information content (AvgIpc) is 2.79. The summed E-state index contributed by atoms with van der Waals surface area (Å²) >= 11 is 1.61. The van der Waals surface area contributed by atoms with Crippen LogP contribution in [-0.4, -0.2) is 29.9 Å². The molecule has 0 aliphatic carbocycles. The van der Waals surface area contributed by atoms with Crippen molar-refractivity contribution < 1.29 is 19.4 Å². The van der Waals surface area contributed by atoms with E-state index in [1.54, 1.807) is 18.7 Å². The molecule has 0 bridgehead atoms. The van der Waals surface area contributed by atoms with Crippen molar-refractivity contribution in [1.29, 1.82) is 0 Å². The fraction of sp³-hybridized carbons (Fsp3) is 0.154. The minimum absolute atomic E-state index is 0.139. The highest BCUT2D eigenvalue weighted by atomic mass is 32.2. The van der Waals surface area contributed by atoms with E-state index in [2.05, 4.69) is 12.1 Å². The minimum Gasteiger partial charge on any atom is -0.481 e. The maximum Gasteiger partial charge on any atom is 0.335 e. The molecule has 1 N–H and O–H groups in total. The Morgan fingerprint density at radius 2 is 1.55 bits per heavy atom. The summed E-state index contributed by atoms with van der Waals surface area (Å²) < 4.78 is 5.21. The van der Waals surface area contributed by atoms with Crippen LogP contribution in [0.2, 0.25) is 0 Å². The van der Waals surface area contributed by atoms with Gasteiger partial charge in [0.1, 0.15) is 0 Å². The lowest BCUT2D eigenvalue weighted by Gasteiger charge is -2.17. The molecule has 3 aromatic carbocycles. The summed E-state index contributed by atoms with van der Waals surface area (Å²) in [6.45, 7) is 1.88. The van der Waals surface area contributed by atoms with Crippen LogP contribution in [0.1, 0.15) is 24.5 Å². The number of carboxylic acids is 1. The third kappa shape index (κ3) is 5.44. The molecular formula is C26H24O4S. The quantitative estimate of drug-likeness (QED) is 0.272. The predicted octanol–water partition coefficient (Wildman–Crippen LogP) is 5.92. The highest BCUT2D eigenvalue weighted by Gasteiger charge is 2.23. The lowest BCUT2D eigenvalue weighted by Crippen LogP contribution is -2.14. The SMILES string of the molecule is CCOC(=O)/C(CC(=O)O)=C(\c1ccccc1)c1ccc(-c2ccccc2)c(SC)c1. The smallest absolute Gasteiger partial charge is 0.335 e. The third-order valence-electron chi connectivity index (χ3n) is 4.79. The molecule has 0 atom stereocenters. The second kappa shape index (κ2) is 10.6. The molecule has 0 aliphatic heterocycles. The van der Waals surface area contributed by atoms with Gasteiger partial charge in [-0.25, -0.2) is 4.79 Å². The summed E-state index contributed by atoms with van der Waals surface area (Å²) in [4.78, 5) is 25.4. The highest BCUT2D eigenvalue weighted by molar-refractivity contribution is 7.98. The third-order valence-corrected chi connectivity index (χ3v) is 5.57. The van der Waals surface area contributed by atoms with E-state index in [0.717, 1.165) is 27.1 Å². The molecule has 0 saturated heterocycles. The molecule has 0 saturated carbocycles. The molecule has 0 aromatic heterocycles. The van der Waals surface area contributed by atoms with E-state index in [1.165, 1.54) is 0 Å². The maximum absolute atomic E-state index is 12.8. The number of hydrogen-bond acceptors (Lipinski definition) is 4. The van der Waals surface area contributed by atoms with E-state index in [1.807, 2.05) is 73.0 Å². The minimum atomic E-state index is -1.08. The largest absolute Gasteiger partial charge is 0.481 e. The molecule has 0 heterocycles. The van der Waals surface area contributed by atoms with Crippen LogP contribution in [0.4, 0.5) is 0 Å². The van der Waals surface area contributed by atoms with Gasteiger partial charge in [-0.05, 0) is 47.1 Å². The molecule has 158 valence electrons. The summed E-state index contributed by atoms with van der Waals surface area (Å²) in [7, 11) is 0. The molecule has 0 aliphatic rings. The standard InChI is InChI=1S/C26H24O4S/c1-3-30-26(29)22(17-24(27)28)25(19-12-8-5-9-13-19)20-14-15-21(23(16-20)31-2)18-10-6-4-7-11-18/h4-16H,3,17H2,1-2H3,(H,27,28)/b25-22+. The Morgan fingerprint density at radius 3 is 2.13 bits per heavy atom. The van der Waals surface area contributed by atoms with Gasteiger partial charge < -0.3 is 9.84 Å². The van der Waals surface area contributed by atoms with Gasteiger partial charge in [0.05, 0.1) is 18.6 Å². The van der Waals surface area contributed by atoms with Gasteiger partial charge in [0, 0.05) is 4.90 Å². The van der Waals surface area contributed by atoms with E-state index < -0.39 is 18.4 Å². The zero-order chi connectivity index (χ0) is 22.2. The van der Waals surface area contributed by atoms with E-state index >= 15 is 0 Å². The fourth-order valence-corrected chi connectivity index (χ4v) is 4.11. The molecule has 0 amide bonds. The number of hydrogen-bond donors (Lipinski definition) is 1. The number of esters is 1. The van der Waals surface area contributed by atoms with Crippen LogP contribution in [0.15, 0.2) is 89.3 Å². The van der Waals surface area contributed by atoms with Gasteiger partial charge >= 0.3 is 11.9 Å². The molecule has 0 unspecified atom stereocenters. The number of thioether (sulfide) groups is 1. The lowest BCUT2D eigenvalue weighted by atomic mass is 9.90. The molecule has 3 rings (SSSR count). The average molecular weight is 433 g/mol. The number of carbonyl (C=O) groups is 2. The van der Waals surface area contributed by atoms with E-state index in [-0.39, 0.29) is 12.2 Å². The number of benzene rings is 3. The first-order chi connectivity index (χ1) is 15.0. The number of rotatable bonds is 8. The Labute approximate surface area is 186 Å². The van der Waals surface area contributed by atoms with Crippen molar-refractivity contribution in [2.75, 3.05) is 12.9 Å². The van der Waals surface area contributed by atoms with Crippen molar-refractivity contribution in [3.63, 3.8) is 0 Å².